The summed E-state index contributed by atoms with van der Waals surface area (Å²) in [6, 6.07) is 0. The Morgan fingerprint density at radius 1 is 0.750 bits per heavy atom. The second kappa shape index (κ2) is 25.0. The third kappa shape index (κ3) is 22.1. The molecule has 238 valence electrons. The molecule has 0 aromatic carbocycles. The van der Waals surface area contributed by atoms with E-state index in [1.807, 2.05) is 0 Å². The van der Waals surface area contributed by atoms with Gasteiger partial charge in [-0.2, -0.15) is 0 Å². The molecule has 0 aliphatic carbocycles. The molecule has 0 saturated heterocycles. The highest BCUT2D eigenvalue weighted by atomic mass is 31.2. The SMILES string of the molecule is CCC/C=C\CCCC/C=C\CCCCCCCCCOC[C@@H](O)COP(=O)(O)C(CC)[N+](C)(C)CCC(O)O. The highest BCUT2D eigenvalue weighted by molar-refractivity contribution is 7.53. The van der Waals surface area contributed by atoms with Gasteiger partial charge in [0.1, 0.15) is 6.10 Å². The molecule has 0 rings (SSSR count). The lowest BCUT2D eigenvalue weighted by Gasteiger charge is -2.39. The molecule has 0 fully saturated rings. The molecule has 0 aromatic heterocycles. The summed E-state index contributed by atoms with van der Waals surface area (Å²) in [5.41, 5.74) is 0. The van der Waals surface area contributed by atoms with Crippen LogP contribution in [0.3, 0.4) is 0 Å². The number of aliphatic hydroxyl groups is 3. The number of rotatable bonds is 28. The van der Waals surface area contributed by atoms with E-state index < -0.39 is 25.8 Å². The highest BCUT2D eigenvalue weighted by Gasteiger charge is 2.43. The van der Waals surface area contributed by atoms with Crippen LogP contribution < -0.4 is 0 Å². The monoisotopic (exact) mass is 592 g/mol. The van der Waals surface area contributed by atoms with Gasteiger partial charge in [0.25, 0.3) is 0 Å². The third-order valence-corrected chi connectivity index (χ3v) is 9.48. The Hall–Kier alpha value is -0.570. The topological polar surface area (TPSA) is 116 Å². The molecule has 4 N–H and O–H groups in total. The van der Waals surface area contributed by atoms with E-state index in [1.165, 1.54) is 77.0 Å². The molecule has 2 unspecified atom stereocenters. The first-order valence-electron chi connectivity index (χ1n) is 15.8. The van der Waals surface area contributed by atoms with Crippen LogP contribution in [0.25, 0.3) is 0 Å². The largest absolute Gasteiger partial charge is 0.388 e. The molecule has 0 radical (unpaired) electrons. The predicted octanol–water partition coefficient (Wildman–Crippen LogP) is 6.67. The minimum Gasteiger partial charge on any atom is -0.388 e. The van der Waals surface area contributed by atoms with E-state index in [4.69, 9.17) is 19.5 Å². The van der Waals surface area contributed by atoms with Gasteiger partial charge in [0.15, 0.2) is 12.1 Å². The van der Waals surface area contributed by atoms with Crippen LogP contribution >= 0.6 is 7.60 Å². The fraction of sp³-hybridized carbons (Fsp3) is 0.871. The molecule has 0 aromatic rings. The Morgan fingerprint density at radius 2 is 1.25 bits per heavy atom. The van der Waals surface area contributed by atoms with Crippen molar-refractivity contribution in [3.05, 3.63) is 24.3 Å². The highest BCUT2D eigenvalue weighted by Crippen LogP contribution is 2.52. The van der Waals surface area contributed by atoms with Gasteiger partial charge in [-0.3, -0.25) is 4.57 Å². The summed E-state index contributed by atoms with van der Waals surface area (Å²) in [4.78, 5) is 10.5. The van der Waals surface area contributed by atoms with E-state index in [1.54, 1.807) is 21.0 Å². The maximum absolute atomic E-state index is 12.8. The lowest BCUT2D eigenvalue weighted by atomic mass is 10.1. The van der Waals surface area contributed by atoms with Crippen molar-refractivity contribution in [3.63, 3.8) is 0 Å². The number of hydrogen-bond donors (Lipinski definition) is 4. The first-order chi connectivity index (χ1) is 19.1. The first-order valence-corrected chi connectivity index (χ1v) is 17.4. The second-order valence-electron chi connectivity index (χ2n) is 11.5. The molecule has 40 heavy (non-hydrogen) atoms. The first kappa shape index (κ1) is 39.4. The van der Waals surface area contributed by atoms with Crippen LogP contribution in [0.15, 0.2) is 24.3 Å². The Labute approximate surface area is 245 Å². The Balaban J connectivity index is 3.75. The molecule has 0 amide bonds. The molecule has 0 heterocycles. The number of aliphatic hydroxyl groups excluding tert-OH is 2. The number of quaternary nitrogens is 1. The van der Waals surface area contributed by atoms with Gasteiger partial charge in [0, 0.05) is 19.4 Å². The molecule has 0 spiro atoms. The number of hydrogen-bond acceptors (Lipinski definition) is 6. The lowest BCUT2D eigenvalue weighted by Crippen LogP contribution is -2.50. The number of unbranched alkanes of at least 4 members (excludes halogenated alkanes) is 11. The van der Waals surface area contributed by atoms with Gasteiger partial charge in [-0.1, -0.05) is 76.7 Å². The van der Waals surface area contributed by atoms with Crippen LogP contribution in [0.1, 0.15) is 117 Å². The molecule has 0 bridgehead atoms. The van der Waals surface area contributed by atoms with Gasteiger partial charge in [-0.15, -0.1) is 0 Å². The van der Waals surface area contributed by atoms with Crippen LogP contribution in [-0.2, 0) is 13.8 Å². The molecular formula is C31H63NO7P+. The summed E-state index contributed by atoms with van der Waals surface area (Å²) < 4.78 is 23.8. The fourth-order valence-corrected chi connectivity index (χ4v) is 6.70. The molecule has 8 nitrogen and oxygen atoms in total. The van der Waals surface area contributed by atoms with Crippen molar-refractivity contribution in [2.45, 2.75) is 135 Å². The standard InChI is InChI=1S/C31H62NO7P/c1-5-7-8-9-10-11-12-13-14-15-16-17-18-19-20-21-22-23-26-38-27-29(33)28-39-40(36,37)30(6-2)32(3,4)25-24-31(34)35/h8-9,14-15,29-31,33-35H,5-7,10-13,16-28H2,1-4H3/p+1/b9-8-,15-14-/t29-,30?/m1/s1. The zero-order chi connectivity index (χ0) is 30.1. The van der Waals surface area contributed by atoms with Gasteiger partial charge in [-0.25, -0.2) is 0 Å². The zero-order valence-corrected chi connectivity index (χ0v) is 27.0. The minimum absolute atomic E-state index is 0.0648. The van der Waals surface area contributed by atoms with Crippen molar-refractivity contribution in [1.82, 2.24) is 0 Å². The van der Waals surface area contributed by atoms with Crippen LogP contribution in [0.5, 0.6) is 0 Å². The number of ether oxygens (including phenoxy) is 1. The summed E-state index contributed by atoms with van der Waals surface area (Å²) in [5, 5.41) is 28.4. The maximum atomic E-state index is 12.8. The Kier molecular flexibility index (Phi) is 24.6. The molecule has 0 aliphatic heterocycles. The van der Waals surface area contributed by atoms with Crippen molar-refractivity contribution in [3.8, 4) is 0 Å². The summed E-state index contributed by atoms with van der Waals surface area (Å²) >= 11 is 0. The maximum Gasteiger partial charge on any atom is 0.385 e. The minimum atomic E-state index is -4.03. The quantitative estimate of drug-likeness (QED) is 0.0263. The third-order valence-electron chi connectivity index (χ3n) is 7.21. The van der Waals surface area contributed by atoms with Crippen molar-refractivity contribution >= 4 is 7.60 Å². The smallest absolute Gasteiger partial charge is 0.385 e. The summed E-state index contributed by atoms with van der Waals surface area (Å²) in [5.74, 6) is -0.728. The molecule has 3 atom stereocenters. The van der Waals surface area contributed by atoms with Crippen LogP contribution in [0.2, 0.25) is 0 Å². The Morgan fingerprint density at radius 3 is 1.77 bits per heavy atom. The van der Waals surface area contributed by atoms with Gasteiger partial charge in [0.2, 0.25) is 0 Å². The van der Waals surface area contributed by atoms with Crippen LogP contribution in [0.4, 0.5) is 0 Å². The van der Waals surface area contributed by atoms with Gasteiger partial charge < -0.3 is 34.0 Å². The Bertz CT molecular complexity index is 685. The molecule has 0 saturated carbocycles. The van der Waals surface area contributed by atoms with Crippen LogP contribution in [0, 0.1) is 0 Å². The number of nitrogens with zero attached hydrogens (tertiary/aromatic N) is 1. The summed E-state index contributed by atoms with van der Waals surface area (Å²) in [7, 11) is -0.508. The van der Waals surface area contributed by atoms with E-state index in [-0.39, 0.29) is 24.1 Å². The van der Waals surface area contributed by atoms with E-state index in [9.17, 15) is 14.6 Å². The summed E-state index contributed by atoms with van der Waals surface area (Å²) in [6.07, 6.45) is 24.2. The second-order valence-corrected chi connectivity index (χ2v) is 13.5. The summed E-state index contributed by atoms with van der Waals surface area (Å²) in [6.45, 7) is 4.66. The lowest BCUT2D eigenvalue weighted by molar-refractivity contribution is -0.903. The fourth-order valence-electron chi connectivity index (χ4n) is 4.78. The van der Waals surface area contributed by atoms with Crippen molar-refractivity contribution in [2.24, 2.45) is 0 Å². The van der Waals surface area contributed by atoms with E-state index >= 15 is 0 Å². The van der Waals surface area contributed by atoms with E-state index in [0.29, 0.717) is 19.6 Å². The normalized spacial score (nSPS) is 15.8. The van der Waals surface area contributed by atoms with Crippen molar-refractivity contribution in [2.75, 3.05) is 40.5 Å². The zero-order valence-electron chi connectivity index (χ0n) is 26.1. The van der Waals surface area contributed by atoms with E-state index in [2.05, 4.69) is 31.2 Å². The molecule has 0 aliphatic rings. The van der Waals surface area contributed by atoms with E-state index in [0.717, 1.165) is 12.8 Å². The van der Waals surface area contributed by atoms with Crippen molar-refractivity contribution in [1.29, 1.82) is 0 Å². The molecular weight excluding hydrogens is 529 g/mol. The van der Waals surface area contributed by atoms with Gasteiger partial charge in [0.05, 0.1) is 33.9 Å². The van der Waals surface area contributed by atoms with Gasteiger partial charge >= 0.3 is 7.60 Å². The van der Waals surface area contributed by atoms with Gasteiger partial charge in [-0.05, 0) is 51.4 Å². The van der Waals surface area contributed by atoms with Crippen LogP contribution in [-0.4, -0.2) is 83.3 Å². The van der Waals surface area contributed by atoms with Crippen molar-refractivity contribution < 1.29 is 38.5 Å². The average molecular weight is 593 g/mol. The predicted molar refractivity (Wildman–Crippen MR) is 165 cm³/mol. The average Bonchev–Trinajstić information content (AvgIpc) is 2.90. The number of allylic oxidation sites excluding steroid dienone is 4. The molecule has 9 heteroatoms.